The standard InChI is InChI=1S/C12H10FN3O3/c1-18-12(17)11-15-5-4-10(16-11)19-9-6-7(13)2-3-8(9)14/h2-6H,14H2,1H3. The number of aromatic nitrogens is 2. The number of nitrogens with two attached hydrogens (primary N) is 1. The van der Waals surface area contributed by atoms with Crippen LogP contribution in [0.25, 0.3) is 0 Å². The molecule has 0 amide bonds. The molecule has 0 saturated carbocycles. The van der Waals surface area contributed by atoms with Gasteiger partial charge in [0.25, 0.3) is 0 Å². The Morgan fingerprint density at radius 2 is 2.16 bits per heavy atom. The normalized spacial score (nSPS) is 10.0. The van der Waals surface area contributed by atoms with E-state index in [1.54, 1.807) is 0 Å². The van der Waals surface area contributed by atoms with E-state index in [0.717, 1.165) is 6.07 Å². The lowest BCUT2D eigenvalue weighted by Crippen LogP contribution is -2.07. The summed E-state index contributed by atoms with van der Waals surface area (Å²) < 4.78 is 22.9. The van der Waals surface area contributed by atoms with Crippen LogP contribution in [0.3, 0.4) is 0 Å². The van der Waals surface area contributed by atoms with Crippen LogP contribution in [-0.2, 0) is 4.74 Å². The number of nitrogens with zero attached hydrogens (tertiary/aromatic N) is 2. The summed E-state index contributed by atoms with van der Waals surface area (Å²) >= 11 is 0. The SMILES string of the molecule is COC(=O)c1nccc(Oc2cc(F)ccc2N)n1. The Hall–Kier alpha value is -2.70. The highest BCUT2D eigenvalue weighted by molar-refractivity contribution is 5.85. The second-order valence-electron chi connectivity index (χ2n) is 3.49. The highest BCUT2D eigenvalue weighted by Gasteiger charge is 2.11. The van der Waals surface area contributed by atoms with Gasteiger partial charge >= 0.3 is 5.97 Å². The van der Waals surface area contributed by atoms with Crippen LogP contribution in [0.1, 0.15) is 10.6 Å². The molecule has 2 N–H and O–H groups in total. The first-order valence-electron chi connectivity index (χ1n) is 5.24. The van der Waals surface area contributed by atoms with Crippen molar-refractivity contribution >= 4 is 11.7 Å². The third kappa shape index (κ3) is 2.95. The van der Waals surface area contributed by atoms with Crippen LogP contribution in [-0.4, -0.2) is 23.0 Å². The van der Waals surface area contributed by atoms with Gasteiger partial charge in [-0.05, 0) is 12.1 Å². The average molecular weight is 263 g/mol. The van der Waals surface area contributed by atoms with Gasteiger partial charge in [0.1, 0.15) is 5.82 Å². The van der Waals surface area contributed by atoms with Gasteiger partial charge in [-0.2, -0.15) is 4.98 Å². The van der Waals surface area contributed by atoms with Crippen LogP contribution < -0.4 is 10.5 Å². The van der Waals surface area contributed by atoms with Crippen LogP contribution in [0.2, 0.25) is 0 Å². The van der Waals surface area contributed by atoms with Gasteiger partial charge in [0, 0.05) is 18.3 Å². The van der Waals surface area contributed by atoms with Gasteiger partial charge in [0.2, 0.25) is 11.7 Å². The molecular formula is C12H10FN3O3. The lowest BCUT2D eigenvalue weighted by atomic mass is 10.3. The Morgan fingerprint density at radius 1 is 1.37 bits per heavy atom. The quantitative estimate of drug-likeness (QED) is 0.670. The number of benzene rings is 1. The fraction of sp³-hybridized carbons (Fsp3) is 0.0833. The minimum atomic E-state index is -0.697. The van der Waals surface area contributed by atoms with Crippen LogP contribution in [0, 0.1) is 5.82 Å². The first-order valence-corrected chi connectivity index (χ1v) is 5.24. The molecule has 0 aliphatic rings. The van der Waals surface area contributed by atoms with Gasteiger partial charge < -0.3 is 15.2 Å². The number of carbonyl (C=O) groups excluding carboxylic acids is 1. The summed E-state index contributed by atoms with van der Waals surface area (Å²) in [6.07, 6.45) is 1.32. The molecule has 0 radical (unpaired) electrons. The van der Waals surface area contributed by atoms with E-state index in [4.69, 9.17) is 10.5 Å². The number of nitrogen functional groups attached to an aromatic ring is 1. The van der Waals surface area contributed by atoms with Crippen molar-refractivity contribution in [3.63, 3.8) is 0 Å². The van der Waals surface area contributed by atoms with Crippen molar-refractivity contribution in [3.8, 4) is 11.6 Å². The van der Waals surface area contributed by atoms with Crippen LogP contribution in [0.4, 0.5) is 10.1 Å². The van der Waals surface area contributed by atoms with E-state index in [9.17, 15) is 9.18 Å². The Kier molecular flexibility index (Phi) is 3.56. The molecule has 7 heteroatoms. The summed E-state index contributed by atoms with van der Waals surface area (Å²) in [6.45, 7) is 0. The van der Waals surface area contributed by atoms with E-state index in [-0.39, 0.29) is 23.1 Å². The largest absolute Gasteiger partial charge is 0.463 e. The maximum absolute atomic E-state index is 13.1. The van der Waals surface area contributed by atoms with Gasteiger partial charge in [-0.1, -0.05) is 0 Å². The molecule has 0 unspecified atom stereocenters. The average Bonchev–Trinajstić information content (AvgIpc) is 2.42. The molecule has 6 nitrogen and oxygen atoms in total. The zero-order valence-corrected chi connectivity index (χ0v) is 9.96. The maximum Gasteiger partial charge on any atom is 0.376 e. The highest BCUT2D eigenvalue weighted by atomic mass is 19.1. The lowest BCUT2D eigenvalue weighted by molar-refractivity contribution is 0.0585. The van der Waals surface area contributed by atoms with Crippen LogP contribution >= 0.6 is 0 Å². The van der Waals surface area contributed by atoms with E-state index in [1.807, 2.05) is 0 Å². The zero-order valence-electron chi connectivity index (χ0n) is 9.96. The maximum atomic E-state index is 13.1. The molecule has 1 heterocycles. The van der Waals surface area contributed by atoms with E-state index < -0.39 is 11.8 Å². The third-order valence-electron chi connectivity index (χ3n) is 2.19. The van der Waals surface area contributed by atoms with Crippen molar-refractivity contribution in [3.05, 3.63) is 42.1 Å². The fourth-order valence-electron chi connectivity index (χ4n) is 1.30. The number of rotatable bonds is 3. The Morgan fingerprint density at radius 3 is 2.89 bits per heavy atom. The van der Waals surface area contributed by atoms with Crippen molar-refractivity contribution in [2.45, 2.75) is 0 Å². The summed E-state index contributed by atoms with van der Waals surface area (Å²) in [5, 5.41) is 0. The summed E-state index contributed by atoms with van der Waals surface area (Å²) in [5.41, 5.74) is 5.88. The number of hydrogen-bond acceptors (Lipinski definition) is 6. The zero-order chi connectivity index (χ0) is 13.8. The molecule has 0 bridgehead atoms. The number of halogens is 1. The van der Waals surface area contributed by atoms with E-state index in [1.165, 1.54) is 31.5 Å². The molecule has 0 aliphatic carbocycles. The second kappa shape index (κ2) is 5.30. The first kappa shape index (κ1) is 12.7. The Bertz CT molecular complexity index is 619. The smallest absolute Gasteiger partial charge is 0.376 e. The number of methoxy groups -OCH3 is 1. The molecule has 2 rings (SSSR count). The fourth-order valence-corrected chi connectivity index (χ4v) is 1.30. The summed E-state index contributed by atoms with van der Waals surface area (Å²) in [4.78, 5) is 18.8. The van der Waals surface area contributed by atoms with E-state index in [0.29, 0.717) is 0 Å². The monoisotopic (exact) mass is 263 g/mol. The first-order chi connectivity index (χ1) is 9.10. The molecule has 1 aromatic carbocycles. The highest BCUT2D eigenvalue weighted by Crippen LogP contribution is 2.26. The van der Waals surface area contributed by atoms with Crippen molar-refractivity contribution in [2.24, 2.45) is 0 Å². The van der Waals surface area contributed by atoms with E-state index in [2.05, 4.69) is 14.7 Å². The second-order valence-corrected chi connectivity index (χ2v) is 3.49. The van der Waals surface area contributed by atoms with Crippen molar-refractivity contribution in [2.75, 3.05) is 12.8 Å². The molecule has 0 atom stereocenters. The van der Waals surface area contributed by atoms with Crippen molar-refractivity contribution in [1.29, 1.82) is 0 Å². The minimum Gasteiger partial charge on any atom is -0.463 e. The predicted molar refractivity (Wildman–Crippen MR) is 64.3 cm³/mol. The number of anilines is 1. The molecule has 2 aromatic rings. The number of ether oxygens (including phenoxy) is 2. The van der Waals surface area contributed by atoms with Crippen molar-refractivity contribution in [1.82, 2.24) is 9.97 Å². The molecule has 0 fully saturated rings. The topological polar surface area (TPSA) is 87.3 Å². The third-order valence-corrected chi connectivity index (χ3v) is 2.19. The molecule has 98 valence electrons. The van der Waals surface area contributed by atoms with Gasteiger partial charge in [-0.25, -0.2) is 14.2 Å². The molecule has 19 heavy (non-hydrogen) atoms. The minimum absolute atomic E-state index is 0.0627. The molecule has 0 spiro atoms. The van der Waals surface area contributed by atoms with Gasteiger partial charge in [0.15, 0.2) is 5.75 Å². The Labute approximate surface area is 108 Å². The lowest BCUT2D eigenvalue weighted by Gasteiger charge is -2.07. The Balaban J connectivity index is 2.28. The molecule has 0 saturated heterocycles. The van der Waals surface area contributed by atoms with Gasteiger partial charge in [-0.3, -0.25) is 0 Å². The van der Waals surface area contributed by atoms with Crippen LogP contribution in [0.5, 0.6) is 11.6 Å². The molecule has 1 aromatic heterocycles. The van der Waals surface area contributed by atoms with Gasteiger partial charge in [-0.15, -0.1) is 0 Å². The van der Waals surface area contributed by atoms with Crippen LogP contribution in [0.15, 0.2) is 30.5 Å². The van der Waals surface area contributed by atoms with Gasteiger partial charge in [0.05, 0.1) is 12.8 Å². The molecule has 0 aliphatic heterocycles. The summed E-state index contributed by atoms with van der Waals surface area (Å²) in [7, 11) is 1.21. The van der Waals surface area contributed by atoms with E-state index >= 15 is 0 Å². The number of carbonyl (C=O) groups is 1. The van der Waals surface area contributed by atoms with Crippen molar-refractivity contribution < 1.29 is 18.7 Å². The summed E-state index contributed by atoms with van der Waals surface area (Å²) in [5.74, 6) is -1.18. The predicted octanol–water partition coefficient (Wildman–Crippen LogP) is 1.78. The number of esters is 1. The molecular weight excluding hydrogens is 253 g/mol. The number of hydrogen-bond donors (Lipinski definition) is 1. The summed E-state index contributed by atoms with van der Waals surface area (Å²) in [6, 6.07) is 5.11.